The molecule has 0 amide bonds. The number of Topliss-reactive ketones (excluding diaryl/α,β-unsaturated/α-hetero) is 1. The smallest absolute Gasteiger partial charge is 0.164 e. The highest BCUT2D eigenvalue weighted by Gasteiger charge is 2.36. The molecule has 0 saturated carbocycles. The maximum absolute atomic E-state index is 11.7. The minimum absolute atomic E-state index is 0.256. The van der Waals surface area contributed by atoms with Crippen LogP contribution in [0, 0.1) is 0 Å². The Labute approximate surface area is 80.0 Å². The van der Waals surface area contributed by atoms with Crippen molar-refractivity contribution in [3.8, 4) is 0 Å². The molecule has 0 N–H and O–H groups in total. The molecule has 13 heavy (non-hydrogen) atoms. The minimum atomic E-state index is -0.471. The fraction of sp³-hybridized carbons (Fsp3) is 0.727. The van der Waals surface area contributed by atoms with E-state index in [-0.39, 0.29) is 5.78 Å². The summed E-state index contributed by atoms with van der Waals surface area (Å²) in [7, 11) is 0. The van der Waals surface area contributed by atoms with Gasteiger partial charge in [0.05, 0.1) is 0 Å². The van der Waals surface area contributed by atoms with Crippen LogP contribution in [0.3, 0.4) is 0 Å². The highest BCUT2D eigenvalue weighted by atomic mass is 16.5. The topological polar surface area (TPSA) is 26.3 Å². The van der Waals surface area contributed by atoms with Crippen LogP contribution >= 0.6 is 0 Å². The number of carbonyl (C=O) groups excluding carboxylic acids is 1. The molecule has 1 aliphatic heterocycles. The van der Waals surface area contributed by atoms with Gasteiger partial charge in [0.15, 0.2) is 5.78 Å². The van der Waals surface area contributed by atoms with Crippen molar-refractivity contribution in [2.45, 2.75) is 44.6 Å². The number of unbranched alkanes of at least 4 members (excludes halogenated alkanes) is 1. The van der Waals surface area contributed by atoms with Crippen molar-refractivity contribution >= 4 is 5.78 Å². The van der Waals surface area contributed by atoms with Crippen LogP contribution in [0.4, 0.5) is 0 Å². The van der Waals surface area contributed by atoms with Gasteiger partial charge in [-0.25, -0.2) is 0 Å². The molecule has 1 rings (SSSR count). The molecule has 0 spiro atoms. The SMILES string of the molecule is C=CCCCC(=O)C1(C)CCCO1. The number of carbonyl (C=O) groups is 1. The molecule has 0 aromatic rings. The highest BCUT2D eigenvalue weighted by molar-refractivity contribution is 5.87. The third-order valence-electron chi connectivity index (χ3n) is 2.62. The van der Waals surface area contributed by atoms with Gasteiger partial charge >= 0.3 is 0 Å². The van der Waals surface area contributed by atoms with Crippen molar-refractivity contribution in [2.75, 3.05) is 6.61 Å². The van der Waals surface area contributed by atoms with E-state index in [4.69, 9.17) is 4.74 Å². The Morgan fingerprint density at radius 3 is 3.00 bits per heavy atom. The summed E-state index contributed by atoms with van der Waals surface area (Å²) in [5.74, 6) is 0.256. The van der Waals surface area contributed by atoms with Crippen LogP contribution in [0.15, 0.2) is 12.7 Å². The van der Waals surface area contributed by atoms with E-state index in [2.05, 4.69) is 6.58 Å². The van der Waals surface area contributed by atoms with Crippen molar-refractivity contribution in [3.05, 3.63) is 12.7 Å². The van der Waals surface area contributed by atoms with Gasteiger partial charge in [-0.3, -0.25) is 4.79 Å². The molecule has 1 atom stereocenters. The average Bonchev–Trinajstić information content (AvgIpc) is 2.54. The van der Waals surface area contributed by atoms with Gasteiger partial charge in [0, 0.05) is 13.0 Å². The Bertz CT molecular complexity index is 190. The van der Waals surface area contributed by atoms with Gasteiger partial charge in [0.1, 0.15) is 5.60 Å². The van der Waals surface area contributed by atoms with E-state index in [1.54, 1.807) is 0 Å². The predicted octanol–water partition coefficient (Wildman–Crippen LogP) is 2.48. The number of ether oxygens (including phenoxy) is 1. The molecule has 1 aliphatic rings. The fourth-order valence-electron chi connectivity index (χ4n) is 1.67. The van der Waals surface area contributed by atoms with E-state index in [1.807, 2.05) is 13.0 Å². The summed E-state index contributed by atoms with van der Waals surface area (Å²) in [5.41, 5.74) is -0.471. The largest absolute Gasteiger partial charge is 0.368 e. The van der Waals surface area contributed by atoms with E-state index < -0.39 is 5.60 Å². The highest BCUT2D eigenvalue weighted by Crippen LogP contribution is 2.27. The normalized spacial score (nSPS) is 27.5. The van der Waals surface area contributed by atoms with Crippen molar-refractivity contribution in [2.24, 2.45) is 0 Å². The molecule has 1 saturated heterocycles. The van der Waals surface area contributed by atoms with Crippen LogP contribution < -0.4 is 0 Å². The van der Waals surface area contributed by atoms with Gasteiger partial charge in [-0.15, -0.1) is 6.58 Å². The molecule has 1 fully saturated rings. The van der Waals surface area contributed by atoms with Gasteiger partial charge in [0.2, 0.25) is 0 Å². The number of allylic oxidation sites excluding steroid dienone is 1. The molecule has 1 unspecified atom stereocenters. The molecule has 2 heteroatoms. The maximum atomic E-state index is 11.7. The van der Waals surface area contributed by atoms with Crippen LogP contribution in [-0.2, 0) is 9.53 Å². The van der Waals surface area contributed by atoms with Gasteiger partial charge in [0.25, 0.3) is 0 Å². The van der Waals surface area contributed by atoms with Crippen molar-refractivity contribution in [3.63, 3.8) is 0 Å². The number of hydrogen-bond acceptors (Lipinski definition) is 2. The second kappa shape index (κ2) is 4.56. The van der Waals surface area contributed by atoms with E-state index in [0.717, 1.165) is 32.3 Å². The molecule has 0 aliphatic carbocycles. The zero-order valence-corrected chi connectivity index (χ0v) is 8.34. The lowest BCUT2D eigenvalue weighted by atomic mass is 9.94. The van der Waals surface area contributed by atoms with Crippen LogP contribution in [0.25, 0.3) is 0 Å². The number of rotatable bonds is 5. The van der Waals surface area contributed by atoms with Gasteiger partial charge in [-0.05, 0) is 32.6 Å². The van der Waals surface area contributed by atoms with E-state index in [0.29, 0.717) is 6.42 Å². The van der Waals surface area contributed by atoms with Crippen LogP contribution in [0.1, 0.15) is 39.0 Å². The molecule has 0 aromatic carbocycles. The zero-order chi connectivity index (χ0) is 9.73. The van der Waals surface area contributed by atoms with Crippen LogP contribution in [-0.4, -0.2) is 18.0 Å². The molecule has 74 valence electrons. The Balaban J connectivity index is 2.33. The van der Waals surface area contributed by atoms with E-state index >= 15 is 0 Å². The lowest BCUT2D eigenvalue weighted by Crippen LogP contribution is -2.34. The van der Waals surface area contributed by atoms with Crippen molar-refractivity contribution < 1.29 is 9.53 Å². The number of hydrogen-bond donors (Lipinski definition) is 0. The lowest BCUT2D eigenvalue weighted by molar-refractivity contribution is -0.137. The molecule has 1 heterocycles. The quantitative estimate of drug-likeness (QED) is 0.482. The second-order valence-electron chi connectivity index (χ2n) is 3.79. The first-order valence-electron chi connectivity index (χ1n) is 4.97. The lowest BCUT2D eigenvalue weighted by Gasteiger charge is -2.20. The van der Waals surface area contributed by atoms with Gasteiger partial charge in [-0.2, -0.15) is 0 Å². The Kier molecular flexibility index (Phi) is 3.67. The summed E-state index contributed by atoms with van der Waals surface area (Å²) in [4.78, 5) is 11.7. The first-order valence-corrected chi connectivity index (χ1v) is 4.97. The standard InChI is InChI=1S/C11H18O2/c1-3-4-5-7-10(12)11(2)8-6-9-13-11/h3H,1,4-9H2,2H3. The van der Waals surface area contributed by atoms with Gasteiger partial charge in [-0.1, -0.05) is 6.08 Å². The molecular weight excluding hydrogens is 164 g/mol. The molecule has 0 radical (unpaired) electrons. The number of ketones is 1. The average molecular weight is 182 g/mol. The first-order chi connectivity index (χ1) is 6.19. The third kappa shape index (κ3) is 2.66. The minimum Gasteiger partial charge on any atom is -0.368 e. The third-order valence-corrected chi connectivity index (χ3v) is 2.62. The van der Waals surface area contributed by atoms with Gasteiger partial charge < -0.3 is 4.74 Å². The fourth-order valence-corrected chi connectivity index (χ4v) is 1.67. The predicted molar refractivity (Wildman–Crippen MR) is 52.6 cm³/mol. The molecule has 0 bridgehead atoms. The van der Waals surface area contributed by atoms with Crippen LogP contribution in [0.2, 0.25) is 0 Å². The Morgan fingerprint density at radius 2 is 2.46 bits per heavy atom. The summed E-state index contributed by atoms with van der Waals surface area (Å²) in [6.45, 7) is 6.28. The van der Waals surface area contributed by atoms with Crippen molar-refractivity contribution in [1.29, 1.82) is 0 Å². The summed E-state index contributed by atoms with van der Waals surface area (Å²) >= 11 is 0. The summed E-state index contributed by atoms with van der Waals surface area (Å²) < 4.78 is 5.46. The van der Waals surface area contributed by atoms with E-state index in [1.165, 1.54) is 0 Å². The monoisotopic (exact) mass is 182 g/mol. The Hall–Kier alpha value is -0.630. The summed E-state index contributed by atoms with van der Waals surface area (Å²) in [5, 5.41) is 0. The molecule has 0 aromatic heterocycles. The Morgan fingerprint density at radius 1 is 1.69 bits per heavy atom. The zero-order valence-electron chi connectivity index (χ0n) is 8.34. The van der Waals surface area contributed by atoms with Crippen LogP contribution in [0.5, 0.6) is 0 Å². The van der Waals surface area contributed by atoms with Crippen molar-refractivity contribution in [1.82, 2.24) is 0 Å². The first kappa shape index (κ1) is 10.5. The molecule has 2 nitrogen and oxygen atoms in total. The molecular formula is C11H18O2. The summed E-state index contributed by atoms with van der Waals surface area (Å²) in [6.07, 6.45) is 6.21. The van der Waals surface area contributed by atoms with E-state index in [9.17, 15) is 4.79 Å². The maximum Gasteiger partial charge on any atom is 0.164 e. The summed E-state index contributed by atoms with van der Waals surface area (Å²) in [6, 6.07) is 0. The second-order valence-corrected chi connectivity index (χ2v) is 3.79.